The Kier molecular flexibility index (Phi) is 10.4. The summed E-state index contributed by atoms with van der Waals surface area (Å²) in [5.74, 6) is -0.290. The van der Waals surface area contributed by atoms with Crippen molar-refractivity contribution in [1.82, 2.24) is 5.32 Å². The smallest absolute Gasteiger partial charge is 0.335 e. The molecule has 218 valence electrons. The molecule has 0 saturated carbocycles. The van der Waals surface area contributed by atoms with Crippen LogP contribution in [0.2, 0.25) is 5.02 Å². The van der Waals surface area contributed by atoms with Crippen molar-refractivity contribution in [1.29, 1.82) is 0 Å². The van der Waals surface area contributed by atoms with Crippen LogP contribution in [0.5, 0.6) is 11.5 Å². The minimum Gasteiger partial charge on any atom is -0.478 e. The van der Waals surface area contributed by atoms with E-state index in [-0.39, 0.29) is 35.4 Å². The molecule has 10 heteroatoms. The van der Waals surface area contributed by atoms with Crippen molar-refractivity contribution >= 4 is 47.4 Å². The molecule has 0 saturated heterocycles. The minimum absolute atomic E-state index is 0. The molecule has 0 bridgehead atoms. The standard InChI is InChI=1S/C32H30ClN3O5.ClH/c33-24-6-4-5-21(13-24)30(37)19-34-26-11-9-20-10-12-28(16-22(20)14-26)41-29-17-23(31(38)39)15-27(18-29)36-32(40)35-25-7-2-1-3-8-25;/h1-8,10,12-13,15-18,26,30,34,37H,9,11,14,19H2,(H,38,39)(H2,35,36,40);1H/t26-,30-;/m0./s1. The zero-order valence-electron chi connectivity index (χ0n) is 22.5. The SMILES string of the molecule is Cl.O=C(Nc1ccccc1)Nc1cc(Oc2ccc3c(c2)C[C@@H](NC[C@H](O)c2cccc(Cl)c2)CC3)cc(C(=O)O)c1. The van der Waals surface area contributed by atoms with E-state index in [1.54, 1.807) is 42.5 Å². The van der Waals surface area contributed by atoms with Gasteiger partial charge in [0.1, 0.15) is 11.5 Å². The number of rotatable bonds is 9. The first-order valence-corrected chi connectivity index (χ1v) is 13.7. The number of urea groups is 1. The van der Waals surface area contributed by atoms with Crippen molar-refractivity contribution in [2.75, 3.05) is 17.2 Å². The molecule has 2 amide bonds. The van der Waals surface area contributed by atoms with Crippen molar-refractivity contribution in [2.24, 2.45) is 0 Å². The molecular formula is C32H31Cl2N3O5. The van der Waals surface area contributed by atoms with Crippen molar-refractivity contribution in [3.8, 4) is 11.5 Å². The first kappa shape index (κ1) is 30.9. The highest BCUT2D eigenvalue weighted by Gasteiger charge is 2.21. The van der Waals surface area contributed by atoms with E-state index < -0.39 is 18.1 Å². The Morgan fingerprint density at radius 1 is 0.881 bits per heavy atom. The average molecular weight is 609 g/mol. The van der Waals surface area contributed by atoms with Gasteiger partial charge in [-0.05, 0) is 84.5 Å². The first-order chi connectivity index (χ1) is 19.8. The molecule has 0 spiro atoms. The van der Waals surface area contributed by atoms with E-state index in [1.165, 1.54) is 17.7 Å². The van der Waals surface area contributed by atoms with Crippen LogP contribution in [0.4, 0.5) is 16.2 Å². The van der Waals surface area contributed by atoms with E-state index in [9.17, 15) is 19.8 Å². The molecule has 42 heavy (non-hydrogen) atoms. The molecule has 0 aliphatic heterocycles. The summed E-state index contributed by atoms with van der Waals surface area (Å²) < 4.78 is 6.07. The number of ether oxygens (including phenoxy) is 1. The highest BCUT2D eigenvalue weighted by molar-refractivity contribution is 6.30. The van der Waals surface area contributed by atoms with Crippen LogP contribution in [0.15, 0.2) is 91.0 Å². The summed E-state index contributed by atoms with van der Waals surface area (Å²) in [6.07, 6.45) is 1.93. The molecule has 0 heterocycles. The second-order valence-electron chi connectivity index (χ2n) is 9.95. The lowest BCUT2D eigenvalue weighted by Crippen LogP contribution is -2.37. The predicted molar refractivity (Wildman–Crippen MR) is 166 cm³/mol. The van der Waals surface area contributed by atoms with E-state index in [0.29, 0.717) is 23.0 Å². The van der Waals surface area contributed by atoms with Gasteiger partial charge in [0.05, 0.1) is 11.7 Å². The van der Waals surface area contributed by atoms with Gasteiger partial charge in [0.2, 0.25) is 0 Å². The maximum Gasteiger partial charge on any atom is 0.335 e. The van der Waals surface area contributed by atoms with Gasteiger partial charge in [-0.15, -0.1) is 12.4 Å². The third kappa shape index (κ3) is 8.24. The van der Waals surface area contributed by atoms with Crippen molar-refractivity contribution < 1.29 is 24.5 Å². The molecule has 4 aromatic rings. The van der Waals surface area contributed by atoms with Gasteiger partial charge in [0.15, 0.2) is 0 Å². The van der Waals surface area contributed by atoms with Gasteiger partial charge in [-0.25, -0.2) is 9.59 Å². The summed E-state index contributed by atoms with van der Waals surface area (Å²) in [6, 6.07) is 26.1. The summed E-state index contributed by atoms with van der Waals surface area (Å²) >= 11 is 6.06. The fourth-order valence-corrected chi connectivity index (χ4v) is 5.08. The number of aliphatic hydroxyl groups excluding tert-OH is 1. The zero-order valence-corrected chi connectivity index (χ0v) is 24.1. The van der Waals surface area contributed by atoms with Crippen molar-refractivity contribution in [2.45, 2.75) is 31.4 Å². The lowest BCUT2D eigenvalue weighted by Gasteiger charge is -2.27. The van der Waals surface area contributed by atoms with Gasteiger partial charge < -0.3 is 30.9 Å². The summed E-state index contributed by atoms with van der Waals surface area (Å²) in [5.41, 5.74) is 4.00. The van der Waals surface area contributed by atoms with Gasteiger partial charge in [0.25, 0.3) is 0 Å². The minimum atomic E-state index is -1.14. The molecule has 5 N–H and O–H groups in total. The number of anilines is 2. The number of hydrogen-bond donors (Lipinski definition) is 5. The number of carboxylic acids is 1. The van der Waals surface area contributed by atoms with Crippen LogP contribution in [-0.2, 0) is 12.8 Å². The maximum atomic E-state index is 12.5. The number of carbonyl (C=O) groups is 2. The molecule has 1 aliphatic carbocycles. The molecule has 8 nitrogen and oxygen atoms in total. The number of fused-ring (bicyclic) bond motifs is 1. The van der Waals surface area contributed by atoms with E-state index in [0.717, 1.165) is 30.4 Å². The number of halogens is 2. The topological polar surface area (TPSA) is 120 Å². The van der Waals surface area contributed by atoms with E-state index in [4.69, 9.17) is 16.3 Å². The monoisotopic (exact) mass is 607 g/mol. The molecule has 1 aliphatic rings. The van der Waals surface area contributed by atoms with E-state index in [1.807, 2.05) is 36.4 Å². The van der Waals surface area contributed by atoms with Crippen molar-refractivity contribution in [3.05, 3.63) is 118 Å². The van der Waals surface area contributed by atoms with Crippen LogP contribution in [0.3, 0.4) is 0 Å². The Labute approximate surface area is 255 Å². The number of carbonyl (C=O) groups excluding carboxylic acids is 1. The molecular weight excluding hydrogens is 577 g/mol. The summed E-state index contributed by atoms with van der Waals surface area (Å²) in [4.78, 5) is 24.2. The number of benzene rings is 4. The number of aryl methyl sites for hydroxylation is 1. The van der Waals surface area contributed by atoms with Crippen LogP contribution in [0, 0.1) is 0 Å². The largest absolute Gasteiger partial charge is 0.478 e. The fraction of sp³-hybridized carbons (Fsp3) is 0.188. The Morgan fingerprint density at radius 3 is 2.43 bits per heavy atom. The molecule has 4 aromatic carbocycles. The summed E-state index contributed by atoms with van der Waals surface area (Å²) in [6.45, 7) is 0.409. The number of hydrogen-bond acceptors (Lipinski definition) is 5. The average Bonchev–Trinajstić information content (AvgIpc) is 2.96. The molecule has 0 radical (unpaired) electrons. The van der Waals surface area contributed by atoms with E-state index >= 15 is 0 Å². The Bertz CT molecular complexity index is 1550. The predicted octanol–water partition coefficient (Wildman–Crippen LogP) is 7.08. The van der Waals surface area contributed by atoms with Gasteiger partial charge in [-0.1, -0.05) is 48.0 Å². The second-order valence-corrected chi connectivity index (χ2v) is 10.4. The number of para-hydroxylation sites is 1. The normalized spacial score (nSPS) is 14.6. The van der Waals surface area contributed by atoms with E-state index in [2.05, 4.69) is 16.0 Å². The number of aliphatic hydroxyl groups is 1. The van der Waals surface area contributed by atoms with Gasteiger partial charge >= 0.3 is 12.0 Å². The van der Waals surface area contributed by atoms with Gasteiger partial charge in [0, 0.05) is 35.1 Å². The van der Waals surface area contributed by atoms with Crippen LogP contribution in [0.1, 0.15) is 39.6 Å². The number of aromatic carboxylic acids is 1. The van der Waals surface area contributed by atoms with Crippen LogP contribution in [-0.4, -0.2) is 34.8 Å². The first-order valence-electron chi connectivity index (χ1n) is 13.3. The summed E-state index contributed by atoms with van der Waals surface area (Å²) in [5, 5.41) is 29.6. The van der Waals surface area contributed by atoms with Crippen LogP contribution >= 0.6 is 24.0 Å². The van der Waals surface area contributed by atoms with Crippen LogP contribution < -0.4 is 20.7 Å². The molecule has 0 unspecified atom stereocenters. The highest BCUT2D eigenvalue weighted by atomic mass is 35.5. The van der Waals surface area contributed by atoms with Gasteiger partial charge in [-0.3, -0.25) is 0 Å². The Hall–Kier alpha value is -4.08. The highest BCUT2D eigenvalue weighted by Crippen LogP contribution is 2.31. The third-order valence-electron chi connectivity index (χ3n) is 6.92. The second kappa shape index (κ2) is 14.2. The summed E-state index contributed by atoms with van der Waals surface area (Å²) in [7, 11) is 0. The zero-order chi connectivity index (χ0) is 28.8. The fourth-order valence-electron chi connectivity index (χ4n) is 4.89. The molecule has 5 rings (SSSR count). The van der Waals surface area contributed by atoms with Gasteiger partial charge in [-0.2, -0.15) is 0 Å². The number of nitrogens with one attached hydrogen (secondary N) is 3. The molecule has 0 fully saturated rings. The molecule has 2 atom stereocenters. The molecule has 0 aromatic heterocycles. The number of carboxylic acid groups (broad SMARTS) is 1. The quantitative estimate of drug-likeness (QED) is 0.139. The Morgan fingerprint density at radius 2 is 1.67 bits per heavy atom. The number of amides is 2. The lowest BCUT2D eigenvalue weighted by atomic mass is 9.88. The van der Waals surface area contributed by atoms with Crippen LogP contribution in [0.25, 0.3) is 0 Å². The lowest BCUT2D eigenvalue weighted by molar-refractivity contribution is 0.0696. The maximum absolute atomic E-state index is 12.5. The third-order valence-corrected chi connectivity index (χ3v) is 7.15. The Balaban J connectivity index is 0.00000405. The van der Waals surface area contributed by atoms with Crippen molar-refractivity contribution in [3.63, 3.8) is 0 Å².